The Morgan fingerprint density at radius 1 is 1.03 bits per heavy atom. The van der Waals surface area contributed by atoms with Crippen LogP contribution in [0.4, 0.5) is 5.82 Å². The summed E-state index contributed by atoms with van der Waals surface area (Å²) in [7, 11) is 1.62. The van der Waals surface area contributed by atoms with Gasteiger partial charge >= 0.3 is 0 Å². The second-order valence-corrected chi connectivity index (χ2v) is 9.72. The van der Waals surface area contributed by atoms with Gasteiger partial charge in [0.25, 0.3) is 5.91 Å². The van der Waals surface area contributed by atoms with Crippen LogP contribution < -0.4 is 15.0 Å². The van der Waals surface area contributed by atoms with E-state index < -0.39 is 0 Å². The van der Waals surface area contributed by atoms with E-state index in [2.05, 4.69) is 20.2 Å². The molecule has 9 heteroatoms. The van der Waals surface area contributed by atoms with Crippen LogP contribution >= 0.6 is 0 Å². The molecule has 3 heterocycles. The number of hydrogen-bond acceptors (Lipinski definition) is 7. The van der Waals surface area contributed by atoms with Crippen molar-refractivity contribution in [2.24, 2.45) is 0 Å². The summed E-state index contributed by atoms with van der Waals surface area (Å²) in [5.74, 6) is 1.50. The largest absolute Gasteiger partial charge is 0.457 e. The summed E-state index contributed by atoms with van der Waals surface area (Å²) in [4.78, 5) is 38.7. The Morgan fingerprint density at radius 2 is 1.86 bits per heavy atom. The summed E-state index contributed by atoms with van der Waals surface area (Å²) in [6, 6.07) is 12.7. The highest BCUT2D eigenvalue weighted by Gasteiger charge is 2.36. The summed E-state index contributed by atoms with van der Waals surface area (Å²) in [5, 5.41) is 3.09. The second-order valence-electron chi connectivity index (χ2n) is 9.72. The molecule has 1 aromatic heterocycles. The standard InChI is InChI=1S/C28H31N5O4/c1-17-8-9-21-11-24(17)37-22-7-5-6-20(10-22)16-36-25-14-33(26-12-29-18(2)19(3)30-26)13-23(25)31-27(34)15-32(4)28(21)35/h5-12,23,25H,13-16H2,1-4H3,(H,31,34)/t23-,25-/m0/s1. The van der Waals surface area contributed by atoms with Gasteiger partial charge in [0.15, 0.2) is 0 Å². The second kappa shape index (κ2) is 10.2. The molecular formula is C28H31N5O4. The van der Waals surface area contributed by atoms with E-state index >= 15 is 0 Å². The molecule has 1 fully saturated rings. The SMILES string of the molecule is Cc1ccc2cc1Oc1cccc(c1)CO[C@H]1CN(c3cnc(C)c(C)n3)C[C@@H]1NC(=O)CN(C)C2=O. The van der Waals surface area contributed by atoms with E-state index in [1.165, 1.54) is 4.90 Å². The molecule has 37 heavy (non-hydrogen) atoms. The van der Waals surface area contributed by atoms with Crippen molar-refractivity contribution in [1.82, 2.24) is 20.2 Å². The number of aromatic nitrogens is 2. The number of hydrogen-bond donors (Lipinski definition) is 1. The van der Waals surface area contributed by atoms with Crippen molar-refractivity contribution in [1.29, 1.82) is 0 Å². The van der Waals surface area contributed by atoms with Gasteiger partial charge in [-0.05, 0) is 56.2 Å². The number of carbonyl (C=O) groups is 2. The molecule has 0 radical (unpaired) electrons. The Labute approximate surface area is 216 Å². The van der Waals surface area contributed by atoms with Gasteiger partial charge in [-0.3, -0.25) is 14.6 Å². The highest BCUT2D eigenvalue weighted by molar-refractivity contribution is 5.96. The number of amides is 2. The molecule has 2 aliphatic rings. The molecule has 2 amide bonds. The van der Waals surface area contributed by atoms with Crippen molar-refractivity contribution >= 4 is 17.6 Å². The lowest BCUT2D eigenvalue weighted by Gasteiger charge is -2.23. The normalized spacial score (nSPS) is 20.3. The first-order valence-corrected chi connectivity index (χ1v) is 12.4. The van der Waals surface area contributed by atoms with Gasteiger partial charge in [-0.15, -0.1) is 0 Å². The third kappa shape index (κ3) is 5.41. The number of aryl methyl sites for hydroxylation is 3. The van der Waals surface area contributed by atoms with Crippen LogP contribution in [0.1, 0.15) is 32.9 Å². The molecule has 4 bridgehead atoms. The fourth-order valence-corrected chi connectivity index (χ4v) is 4.58. The number of fused-ring (bicyclic) bond motifs is 5. The maximum absolute atomic E-state index is 13.1. The van der Waals surface area contributed by atoms with Crippen molar-refractivity contribution in [3.63, 3.8) is 0 Å². The van der Waals surface area contributed by atoms with E-state index in [0.29, 0.717) is 36.8 Å². The number of benzene rings is 2. The molecule has 3 aromatic rings. The zero-order chi connectivity index (χ0) is 26.1. The molecule has 2 aromatic carbocycles. The van der Waals surface area contributed by atoms with Crippen LogP contribution in [-0.2, 0) is 16.1 Å². The number of nitrogens with one attached hydrogen (secondary N) is 1. The Balaban J connectivity index is 1.45. The topological polar surface area (TPSA) is 96.9 Å². The molecule has 0 unspecified atom stereocenters. The number of nitrogens with zero attached hydrogens (tertiary/aromatic N) is 4. The zero-order valence-corrected chi connectivity index (χ0v) is 21.5. The van der Waals surface area contributed by atoms with Crippen LogP contribution in [0.15, 0.2) is 48.7 Å². The van der Waals surface area contributed by atoms with Gasteiger partial charge in [0, 0.05) is 25.7 Å². The van der Waals surface area contributed by atoms with Gasteiger partial charge in [-0.1, -0.05) is 18.2 Å². The van der Waals surface area contributed by atoms with Crippen molar-refractivity contribution in [2.75, 3.05) is 31.6 Å². The monoisotopic (exact) mass is 501 g/mol. The van der Waals surface area contributed by atoms with Crippen molar-refractivity contribution in [3.05, 3.63) is 76.7 Å². The summed E-state index contributed by atoms with van der Waals surface area (Å²) in [5.41, 5.74) is 4.06. The predicted molar refractivity (Wildman–Crippen MR) is 139 cm³/mol. The first-order chi connectivity index (χ1) is 17.8. The molecule has 2 aliphatic heterocycles. The summed E-state index contributed by atoms with van der Waals surface area (Å²) < 4.78 is 12.5. The smallest absolute Gasteiger partial charge is 0.254 e. The van der Waals surface area contributed by atoms with E-state index in [1.807, 2.05) is 51.1 Å². The van der Waals surface area contributed by atoms with Crippen LogP contribution in [0.3, 0.4) is 0 Å². The molecule has 0 spiro atoms. The molecule has 9 nitrogen and oxygen atoms in total. The first kappa shape index (κ1) is 24.7. The van der Waals surface area contributed by atoms with Crippen molar-refractivity contribution in [3.8, 4) is 11.5 Å². The summed E-state index contributed by atoms with van der Waals surface area (Å²) >= 11 is 0. The highest BCUT2D eigenvalue weighted by atomic mass is 16.5. The molecule has 5 rings (SSSR count). The maximum atomic E-state index is 13.1. The predicted octanol–water partition coefficient (Wildman–Crippen LogP) is 3.17. The van der Waals surface area contributed by atoms with E-state index in [1.54, 1.807) is 25.4 Å². The zero-order valence-electron chi connectivity index (χ0n) is 21.5. The molecule has 192 valence electrons. The van der Waals surface area contributed by atoms with E-state index in [9.17, 15) is 9.59 Å². The van der Waals surface area contributed by atoms with Gasteiger partial charge < -0.3 is 24.6 Å². The minimum Gasteiger partial charge on any atom is -0.457 e. The molecule has 1 saturated heterocycles. The van der Waals surface area contributed by atoms with Gasteiger partial charge in [-0.25, -0.2) is 4.98 Å². The van der Waals surface area contributed by atoms with Crippen LogP contribution in [-0.4, -0.2) is 65.5 Å². The minimum atomic E-state index is -0.280. The molecule has 2 atom stereocenters. The molecule has 0 saturated carbocycles. The quantitative estimate of drug-likeness (QED) is 0.547. The molecular weight excluding hydrogens is 470 g/mol. The summed E-state index contributed by atoms with van der Waals surface area (Å²) in [6.07, 6.45) is 1.48. The fourth-order valence-electron chi connectivity index (χ4n) is 4.58. The van der Waals surface area contributed by atoms with Crippen molar-refractivity contribution < 1.29 is 19.1 Å². The van der Waals surface area contributed by atoms with Gasteiger partial charge in [0.05, 0.1) is 42.9 Å². The Kier molecular flexibility index (Phi) is 6.80. The van der Waals surface area contributed by atoms with Crippen LogP contribution in [0.2, 0.25) is 0 Å². The Morgan fingerprint density at radius 3 is 2.68 bits per heavy atom. The van der Waals surface area contributed by atoms with Gasteiger partial charge in [0.1, 0.15) is 17.3 Å². The highest BCUT2D eigenvalue weighted by Crippen LogP contribution is 2.28. The lowest BCUT2D eigenvalue weighted by molar-refractivity contribution is -0.123. The lowest BCUT2D eigenvalue weighted by Crippen LogP contribution is -2.48. The van der Waals surface area contributed by atoms with Crippen LogP contribution in [0.25, 0.3) is 0 Å². The van der Waals surface area contributed by atoms with E-state index in [4.69, 9.17) is 9.47 Å². The van der Waals surface area contributed by atoms with Gasteiger partial charge in [-0.2, -0.15) is 0 Å². The Bertz CT molecular complexity index is 1340. The van der Waals surface area contributed by atoms with Gasteiger partial charge in [0.2, 0.25) is 5.91 Å². The van der Waals surface area contributed by atoms with Crippen LogP contribution in [0.5, 0.6) is 11.5 Å². The van der Waals surface area contributed by atoms with E-state index in [0.717, 1.165) is 28.3 Å². The minimum absolute atomic E-state index is 0.0748. The number of carbonyl (C=O) groups excluding carboxylic acids is 2. The molecule has 0 aliphatic carbocycles. The Hall–Kier alpha value is -3.98. The fraction of sp³-hybridized carbons (Fsp3) is 0.357. The third-order valence-electron chi connectivity index (χ3n) is 6.87. The lowest BCUT2D eigenvalue weighted by atomic mass is 10.1. The number of rotatable bonds is 1. The number of ether oxygens (including phenoxy) is 2. The van der Waals surface area contributed by atoms with Crippen molar-refractivity contribution in [2.45, 2.75) is 39.5 Å². The average Bonchev–Trinajstić information content (AvgIpc) is 3.27. The molecule has 1 N–H and O–H groups in total. The third-order valence-corrected chi connectivity index (χ3v) is 6.87. The van der Waals surface area contributed by atoms with E-state index in [-0.39, 0.29) is 30.5 Å². The first-order valence-electron chi connectivity index (χ1n) is 12.4. The number of likely N-dealkylation sites (N-methyl/N-ethyl adjacent to an activating group) is 1. The summed E-state index contributed by atoms with van der Waals surface area (Å²) in [6.45, 7) is 7.15. The van der Waals surface area contributed by atoms with Crippen LogP contribution in [0, 0.1) is 20.8 Å². The number of anilines is 1. The average molecular weight is 502 g/mol. The maximum Gasteiger partial charge on any atom is 0.254 e.